The zero-order chi connectivity index (χ0) is 27.5. The van der Waals surface area contributed by atoms with Gasteiger partial charge in [-0.15, -0.1) is 0 Å². The number of H-pyrrole nitrogens is 1. The molecular weight excluding hydrogens is 558 g/mol. The van der Waals surface area contributed by atoms with Gasteiger partial charge in [-0.25, -0.2) is 24.3 Å². The number of nitrogen functional groups attached to an aromatic ring is 1. The van der Waals surface area contributed by atoms with Crippen molar-refractivity contribution in [1.29, 1.82) is 0 Å². The number of hydrogen-bond donors (Lipinski definition) is 5. The fraction of sp³-hybridized carbons (Fsp3) is 0.476. The highest BCUT2D eigenvalue weighted by atomic mass is 32.5. The number of nitrogens with two attached hydrogens (primary N) is 1. The Morgan fingerprint density at radius 1 is 1.23 bits per heavy atom. The molecule has 2 fully saturated rings. The van der Waals surface area contributed by atoms with Gasteiger partial charge >= 0.3 is 0 Å². The van der Waals surface area contributed by atoms with Gasteiger partial charge in [0.1, 0.15) is 35.9 Å². The number of nitrogens with one attached hydrogen (secondary N) is 1. The van der Waals surface area contributed by atoms with E-state index in [0.29, 0.717) is 11.2 Å². The summed E-state index contributed by atoms with van der Waals surface area (Å²) in [6.45, 7) is -4.46. The van der Waals surface area contributed by atoms with Gasteiger partial charge in [-0.3, -0.25) is 9.36 Å². The van der Waals surface area contributed by atoms with E-state index in [4.69, 9.17) is 31.5 Å². The molecule has 4 aromatic rings. The molecule has 6 N–H and O–H groups in total. The number of imidazole rings is 1. The molecular formula is C21H24FN8O7PS. The summed E-state index contributed by atoms with van der Waals surface area (Å²) in [7, 11) is 0. The first kappa shape index (κ1) is 26.3. The molecule has 0 aromatic carbocycles. The second-order valence-electron chi connectivity index (χ2n) is 9.27. The predicted octanol–water partition coefficient (Wildman–Crippen LogP) is -0.290. The van der Waals surface area contributed by atoms with Gasteiger partial charge in [0.2, 0.25) is 0 Å². The molecule has 2 saturated heterocycles. The highest BCUT2D eigenvalue weighted by Crippen LogP contribution is 2.58. The number of nitrogens with zero attached hydrogens (tertiary/aromatic N) is 6. The fourth-order valence-corrected chi connectivity index (χ4v) is 7.32. The highest BCUT2D eigenvalue weighted by molar-refractivity contribution is 8.09. The lowest BCUT2D eigenvalue weighted by molar-refractivity contribution is -0.0422. The van der Waals surface area contributed by atoms with Crippen LogP contribution in [0, 0.1) is 0 Å². The quantitative estimate of drug-likeness (QED) is 0.178. The van der Waals surface area contributed by atoms with E-state index in [9.17, 15) is 19.9 Å². The van der Waals surface area contributed by atoms with E-state index >= 15 is 4.39 Å². The van der Waals surface area contributed by atoms with E-state index in [1.54, 1.807) is 0 Å². The van der Waals surface area contributed by atoms with Gasteiger partial charge in [-0.05, 0) is 24.3 Å². The summed E-state index contributed by atoms with van der Waals surface area (Å²) in [5.41, 5.74) is 5.53. The Morgan fingerprint density at radius 3 is 2.85 bits per heavy atom. The molecule has 6 rings (SSSR count). The molecule has 39 heavy (non-hydrogen) atoms. The minimum atomic E-state index is -3.71. The predicted molar refractivity (Wildman–Crippen MR) is 137 cm³/mol. The lowest BCUT2D eigenvalue weighted by Gasteiger charge is -2.28. The van der Waals surface area contributed by atoms with Gasteiger partial charge in [0.25, 0.3) is 5.56 Å². The molecule has 18 heteroatoms. The molecule has 6 heterocycles. The van der Waals surface area contributed by atoms with Crippen molar-refractivity contribution in [2.75, 3.05) is 18.9 Å². The maximum Gasteiger partial charge on any atom is 0.260 e. The van der Waals surface area contributed by atoms with Gasteiger partial charge < -0.3 is 44.4 Å². The number of aliphatic hydroxyl groups is 2. The van der Waals surface area contributed by atoms with Gasteiger partial charge in [-0.1, -0.05) is 0 Å². The Balaban J connectivity index is 1.21. The van der Waals surface area contributed by atoms with E-state index < -0.39 is 61.3 Å². The maximum atomic E-state index is 15.1. The van der Waals surface area contributed by atoms with Crippen molar-refractivity contribution in [3.63, 3.8) is 0 Å². The Morgan fingerprint density at radius 2 is 2.05 bits per heavy atom. The van der Waals surface area contributed by atoms with Crippen LogP contribution in [0.4, 0.5) is 10.2 Å². The average molecular weight is 583 g/mol. The number of aromatic amines is 1. The average Bonchev–Trinajstić information content (AvgIpc) is 3.69. The molecule has 1 unspecified atom stereocenters. The van der Waals surface area contributed by atoms with Crippen LogP contribution in [0.25, 0.3) is 22.2 Å². The number of ether oxygens (including phenoxy) is 2. The summed E-state index contributed by atoms with van der Waals surface area (Å²) in [5, 5.41) is 20.5. The number of halogens is 1. The molecule has 0 bridgehead atoms. The van der Waals surface area contributed by atoms with Crippen molar-refractivity contribution in [2.45, 2.75) is 49.0 Å². The minimum absolute atomic E-state index is 0.157. The second kappa shape index (κ2) is 9.94. The summed E-state index contributed by atoms with van der Waals surface area (Å²) >= 11 is 5.50. The zero-order valence-corrected chi connectivity index (χ0v) is 21.7. The van der Waals surface area contributed by atoms with Crippen molar-refractivity contribution in [1.82, 2.24) is 34.1 Å². The molecule has 15 nitrogen and oxygen atoms in total. The number of aliphatic hydroxyl groups excluding tert-OH is 2. The first-order valence-electron chi connectivity index (χ1n) is 11.9. The number of fused-ring (bicyclic) bond motifs is 2. The number of aromatic nitrogens is 7. The molecule has 0 saturated carbocycles. The molecule has 2 aliphatic rings. The van der Waals surface area contributed by atoms with Crippen molar-refractivity contribution in [2.24, 2.45) is 0 Å². The minimum Gasteiger partial charge on any atom is -0.394 e. The Labute approximate surface area is 223 Å². The second-order valence-corrected chi connectivity index (χ2v) is 12.9. The number of alkyl halides is 1. The summed E-state index contributed by atoms with van der Waals surface area (Å²) in [6.07, 6.45) is -2.04. The van der Waals surface area contributed by atoms with Crippen LogP contribution >= 0.6 is 6.49 Å². The van der Waals surface area contributed by atoms with Crippen LogP contribution in [0.15, 0.2) is 36.0 Å². The fourth-order valence-electron chi connectivity index (χ4n) is 4.98. The van der Waals surface area contributed by atoms with Crippen LogP contribution in [0.1, 0.15) is 18.9 Å². The van der Waals surface area contributed by atoms with Gasteiger partial charge in [0, 0.05) is 6.20 Å². The third-order valence-electron chi connectivity index (χ3n) is 6.96. The number of rotatable bonds is 7. The van der Waals surface area contributed by atoms with E-state index in [1.165, 1.54) is 40.4 Å². The number of hydrogen-bond acceptors (Lipinski definition) is 12. The third kappa shape index (κ3) is 4.44. The normalized spacial score (nSPS) is 30.8. The van der Waals surface area contributed by atoms with Crippen LogP contribution in [0.5, 0.6) is 0 Å². The van der Waals surface area contributed by atoms with Crippen LogP contribution in [0.3, 0.4) is 0 Å². The Hall–Kier alpha value is -2.89. The van der Waals surface area contributed by atoms with Crippen molar-refractivity contribution >= 4 is 46.3 Å². The van der Waals surface area contributed by atoms with Crippen LogP contribution in [-0.2, 0) is 25.8 Å². The first-order chi connectivity index (χ1) is 18.7. The lowest BCUT2D eigenvalue weighted by atomic mass is 10.1. The van der Waals surface area contributed by atoms with Gasteiger partial charge in [-0.2, -0.15) is 0 Å². The molecule has 0 spiro atoms. The summed E-state index contributed by atoms with van der Waals surface area (Å²) in [4.78, 5) is 42.2. The van der Waals surface area contributed by atoms with Crippen LogP contribution in [-0.4, -0.2) is 92.5 Å². The van der Waals surface area contributed by atoms with E-state index in [-0.39, 0.29) is 29.9 Å². The van der Waals surface area contributed by atoms with Gasteiger partial charge in [0.15, 0.2) is 30.4 Å². The molecule has 0 aliphatic carbocycles. The summed E-state index contributed by atoms with van der Waals surface area (Å²) in [5.74, 6) is 0.157. The topological polar surface area (TPSA) is 209 Å². The number of anilines is 1. The molecule has 0 amide bonds. The monoisotopic (exact) mass is 582 g/mol. The van der Waals surface area contributed by atoms with Crippen molar-refractivity contribution in [3.05, 3.63) is 41.6 Å². The third-order valence-corrected chi connectivity index (χ3v) is 9.91. The zero-order valence-electron chi connectivity index (χ0n) is 20.0. The van der Waals surface area contributed by atoms with Crippen molar-refractivity contribution < 1.29 is 33.5 Å². The highest BCUT2D eigenvalue weighted by Gasteiger charge is 2.49. The Bertz CT molecular complexity index is 1630. The van der Waals surface area contributed by atoms with E-state index in [1.807, 2.05) is 0 Å². The van der Waals surface area contributed by atoms with Crippen molar-refractivity contribution in [3.8, 4) is 0 Å². The smallest absolute Gasteiger partial charge is 0.260 e. The molecule has 8 atom stereocenters. The summed E-state index contributed by atoms with van der Waals surface area (Å²) < 4.78 is 35.4. The lowest BCUT2D eigenvalue weighted by Crippen LogP contribution is -2.32. The Kier molecular flexibility index (Phi) is 6.71. The van der Waals surface area contributed by atoms with E-state index in [0.717, 1.165) is 0 Å². The largest absolute Gasteiger partial charge is 0.394 e. The van der Waals surface area contributed by atoms with Crippen LogP contribution < -0.4 is 11.3 Å². The standard InChI is InChI=1S/C21H24FN8O7PS/c22-13-15(32)11(37-21(13)29-2-1-10-17(29)25-7-27-19(10)33)5-35-38(34,39)12-3-9(4-31)36-20(12)30-8-28-14-16(23)24-6-26-18(14)30/h1-2,6-9,11-13,15,20-21,31-32H,3-5H2,(H,34,39)(H2,23,24,26)(H,25,27,33)/t9-,11+,12+,13-,15+,20+,21+,38?/m0/s1. The van der Waals surface area contributed by atoms with Crippen LogP contribution in [0.2, 0.25) is 0 Å². The molecule has 4 aromatic heterocycles. The van der Waals surface area contributed by atoms with Gasteiger partial charge in [0.05, 0.1) is 43.0 Å². The molecule has 2 aliphatic heterocycles. The summed E-state index contributed by atoms with van der Waals surface area (Å²) in [6, 6.07) is 1.47. The van der Waals surface area contributed by atoms with E-state index in [2.05, 4.69) is 24.9 Å². The molecule has 0 radical (unpaired) electrons. The first-order valence-corrected chi connectivity index (χ1v) is 14.6. The SMILES string of the molecule is Nc1ncnc2c1ncn2[C@@H]1O[C@H](CO)C[C@H]1P(O)(=S)OC[C@H]1O[C@@H](n2ccc3c(=O)[nH]cnc32)[C@@H](F)[C@@H]1O. The molecule has 208 valence electrons. The maximum absolute atomic E-state index is 15.1.